The summed E-state index contributed by atoms with van der Waals surface area (Å²) in [7, 11) is 1.98. The van der Waals surface area contributed by atoms with Crippen LogP contribution in [0.25, 0.3) is 0 Å². The molecule has 122 valence electrons. The van der Waals surface area contributed by atoms with E-state index in [0.717, 1.165) is 18.7 Å². The summed E-state index contributed by atoms with van der Waals surface area (Å²) in [6.07, 6.45) is 1.00. The van der Waals surface area contributed by atoms with Crippen molar-refractivity contribution in [1.29, 1.82) is 0 Å². The molecule has 0 bridgehead atoms. The normalized spacial score (nSPS) is 12.2. The molecule has 2 rings (SSSR count). The highest BCUT2D eigenvalue weighted by Crippen LogP contribution is 2.13. The van der Waals surface area contributed by atoms with E-state index < -0.39 is 0 Å². The molecule has 0 aliphatic rings. The molecular formula is C20H26N2O. The Morgan fingerprint density at radius 2 is 1.61 bits per heavy atom. The van der Waals surface area contributed by atoms with E-state index in [1.807, 2.05) is 26.1 Å². The summed E-state index contributed by atoms with van der Waals surface area (Å²) in [4.78, 5) is 14.5. The molecule has 0 aliphatic heterocycles. The second-order valence-corrected chi connectivity index (χ2v) is 6.12. The number of benzene rings is 2. The van der Waals surface area contributed by atoms with Crippen molar-refractivity contribution in [2.24, 2.45) is 0 Å². The van der Waals surface area contributed by atoms with Crippen LogP contribution in [0.15, 0.2) is 48.5 Å². The quantitative estimate of drug-likeness (QED) is 0.874. The van der Waals surface area contributed by atoms with Crippen LogP contribution >= 0.6 is 0 Å². The van der Waals surface area contributed by atoms with Gasteiger partial charge in [0.05, 0.1) is 6.04 Å². The van der Waals surface area contributed by atoms with E-state index >= 15 is 0 Å². The maximum absolute atomic E-state index is 12.4. The van der Waals surface area contributed by atoms with Crippen LogP contribution in [0.4, 0.5) is 5.69 Å². The van der Waals surface area contributed by atoms with E-state index in [1.165, 1.54) is 16.7 Å². The van der Waals surface area contributed by atoms with Gasteiger partial charge in [0.15, 0.2) is 0 Å². The standard InChI is InChI=1S/C20H26N2O/c1-5-17-10-12-19(13-11-17)21-20(23)16(3)22(4)14-18-8-6-15(2)7-9-18/h6-13,16H,5,14H2,1-4H3,(H,21,23)/t16-/m1/s1. The molecular weight excluding hydrogens is 284 g/mol. The third kappa shape index (κ3) is 4.93. The fourth-order valence-corrected chi connectivity index (χ4v) is 2.39. The van der Waals surface area contributed by atoms with Crippen LogP contribution in [0.5, 0.6) is 0 Å². The zero-order valence-electron chi connectivity index (χ0n) is 14.5. The third-order valence-corrected chi connectivity index (χ3v) is 4.22. The Balaban J connectivity index is 1.93. The van der Waals surface area contributed by atoms with Crippen molar-refractivity contribution < 1.29 is 4.79 Å². The molecule has 2 aromatic carbocycles. The Hall–Kier alpha value is -2.13. The average Bonchev–Trinajstić information content (AvgIpc) is 2.56. The fourth-order valence-electron chi connectivity index (χ4n) is 2.39. The first-order valence-electron chi connectivity index (χ1n) is 8.15. The van der Waals surface area contributed by atoms with Gasteiger partial charge in [0.25, 0.3) is 0 Å². The van der Waals surface area contributed by atoms with Gasteiger partial charge in [-0.3, -0.25) is 9.69 Å². The lowest BCUT2D eigenvalue weighted by Crippen LogP contribution is -2.39. The first-order chi connectivity index (χ1) is 11.0. The maximum atomic E-state index is 12.4. The zero-order chi connectivity index (χ0) is 16.8. The number of likely N-dealkylation sites (N-methyl/N-ethyl adjacent to an activating group) is 1. The van der Waals surface area contributed by atoms with Crippen LogP contribution < -0.4 is 5.32 Å². The van der Waals surface area contributed by atoms with E-state index in [4.69, 9.17) is 0 Å². The Kier molecular flexibility index (Phi) is 5.94. The number of anilines is 1. The van der Waals surface area contributed by atoms with E-state index in [-0.39, 0.29) is 11.9 Å². The van der Waals surface area contributed by atoms with E-state index in [0.29, 0.717) is 0 Å². The lowest BCUT2D eigenvalue weighted by Gasteiger charge is -2.24. The molecule has 0 saturated heterocycles. The summed E-state index contributed by atoms with van der Waals surface area (Å²) >= 11 is 0. The molecule has 0 aromatic heterocycles. The summed E-state index contributed by atoms with van der Waals surface area (Å²) in [5.41, 5.74) is 4.58. The number of rotatable bonds is 6. The zero-order valence-corrected chi connectivity index (χ0v) is 14.5. The van der Waals surface area contributed by atoms with Crippen molar-refractivity contribution in [2.75, 3.05) is 12.4 Å². The van der Waals surface area contributed by atoms with Gasteiger partial charge in [0.1, 0.15) is 0 Å². The van der Waals surface area contributed by atoms with Gasteiger partial charge in [-0.05, 0) is 50.6 Å². The summed E-state index contributed by atoms with van der Waals surface area (Å²) in [5.74, 6) is 0.0175. The lowest BCUT2D eigenvalue weighted by atomic mass is 10.1. The maximum Gasteiger partial charge on any atom is 0.241 e. The van der Waals surface area contributed by atoms with Gasteiger partial charge >= 0.3 is 0 Å². The molecule has 0 heterocycles. The minimum absolute atomic E-state index is 0.0175. The molecule has 3 nitrogen and oxygen atoms in total. The highest BCUT2D eigenvalue weighted by atomic mass is 16.2. The molecule has 1 atom stereocenters. The van der Waals surface area contributed by atoms with Crippen LogP contribution in [0.3, 0.4) is 0 Å². The number of carbonyl (C=O) groups is 1. The van der Waals surface area contributed by atoms with Crippen molar-refractivity contribution >= 4 is 11.6 Å². The third-order valence-electron chi connectivity index (χ3n) is 4.22. The number of hydrogen-bond acceptors (Lipinski definition) is 2. The van der Waals surface area contributed by atoms with Gasteiger partial charge in [-0.25, -0.2) is 0 Å². The minimum atomic E-state index is -0.192. The SMILES string of the molecule is CCc1ccc(NC(=O)[C@@H](C)N(C)Cc2ccc(C)cc2)cc1. The molecule has 2 aromatic rings. The van der Waals surface area contributed by atoms with E-state index in [1.54, 1.807) is 0 Å². The Morgan fingerprint density at radius 1 is 1.04 bits per heavy atom. The predicted octanol–water partition coefficient (Wildman–Crippen LogP) is 4.02. The smallest absolute Gasteiger partial charge is 0.241 e. The Labute approximate surface area is 139 Å². The number of aryl methyl sites for hydroxylation is 2. The van der Waals surface area contributed by atoms with Gasteiger partial charge in [0, 0.05) is 12.2 Å². The number of nitrogens with zero attached hydrogens (tertiary/aromatic N) is 1. The van der Waals surface area contributed by atoms with Crippen molar-refractivity contribution in [2.45, 2.75) is 39.8 Å². The molecule has 0 radical (unpaired) electrons. The van der Waals surface area contributed by atoms with Gasteiger partial charge in [0.2, 0.25) is 5.91 Å². The first kappa shape index (κ1) is 17.2. The van der Waals surface area contributed by atoms with Crippen LogP contribution in [-0.4, -0.2) is 23.9 Å². The molecule has 0 aliphatic carbocycles. The molecule has 0 saturated carbocycles. The Morgan fingerprint density at radius 3 is 2.17 bits per heavy atom. The van der Waals surface area contributed by atoms with Crippen LogP contribution in [0.2, 0.25) is 0 Å². The number of hydrogen-bond donors (Lipinski definition) is 1. The van der Waals surface area contributed by atoms with Gasteiger partial charge in [-0.15, -0.1) is 0 Å². The topological polar surface area (TPSA) is 32.3 Å². The van der Waals surface area contributed by atoms with E-state index in [9.17, 15) is 4.79 Å². The number of carbonyl (C=O) groups excluding carboxylic acids is 1. The summed E-state index contributed by atoms with van der Waals surface area (Å²) < 4.78 is 0. The van der Waals surface area contributed by atoms with Crippen LogP contribution in [-0.2, 0) is 17.8 Å². The van der Waals surface area contributed by atoms with Crippen molar-refractivity contribution in [3.8, 4) is 0 Å². The van der Waals surface area contributed by atoms with Crippen LogP contribution in [0, 0.1) is 6.92 Å². The van der Waals surface area contributed by atoms with Crippen LogP contribution in [0.1, 0.15) is 30.5 Å². The van der Waals surface area contributed by atoms with Crippen molar-refractivity contribution in [3.05, 3.63) is 65.2 Å². The minimum Gasteiger partial charge on any atom is -0.325 e. The average molecular weight is 310 g/mol. The monoisotopic (exact) mass is 310 g/mol. The molecule has 0 spiro atoms. The molecule has 1 amide bonds. The Bertz CT molecular complexity index is 632. The van der Waals surface area contributed by atoms with Gasteiger partial charge in [-0.2, -0.15) is 0 Å². The predicted molar refractivity (Wildman–Crippen MR) is 96.6 cm³/mol. The molecule has 23 heavy (non-hydrogen) atoms. The van der Waals surface area contributed by atoms with Gasteiger partial charge in [-0.1, -0.05) is 48.9 Å². The highest BCUT2D eigenvalue weighted by Gasteiger charge is 2.18. The molecule has 1 N–H and O–H groups in total. The summed E-state index contributed by atoms with van der Waals surface area (Å²) in [5, 5.41) is 2.99. The lowest BCUT2D eigenvalue weighted by molar-refractivity contribution is -0.120. The second-order valence-electron chi connectivity index (χ2n) is 6.12. The largest absolute Gasteiger partial charge is 0.325 e. The van der Waals surface area contributed by atoms with Crippen molar-refractivity contribution in [3.63, 3.8) is 0 Å². The fraction of sp³-hybridized carbons (Fsp3) is 0.350. The first-order valence-corrected chi connectivity index (χ1v) is 8.15. The summed E-state index contributed by atoms with van der Waals surface area (Å²) in [6, 6.07) is 16.3. The second kappa shape index (κ2) is 7.93. The van der Waals surface area contributed by atoms with E-state index in [2.05, 4.69) is 60.5 Å². The van der Waals surface area contributed by atoms with Gasteiger partial charge < -0.3 is 5.32 Å². The summed E-state index contributed by atoms with van der Waals surface area (Å²) in [6.45, 7) is 6.89. The highest BCUT2D eigenvalue weighted by molar-refractivity contribution is 5.94. The number of nitrogens with one attached hydrogen (secondary N) is 1. The molecule has 0 unspecified atom stereocenters. The molecule has 3 heteroatoms. The molecule has 0 fully saturated rings. The van der Waals surface area contributed by atoms with Crippen molar-refractivity contribution in [1.82, 2.24) is 4.90 Å². The number of amides is 1.